The standard InChI is InChI=1S/C17H23BrN4O3/c1-11(2)16-17(25)19-7-8-22(16)10-15(24)20-9-14(23)21-13-6-4-3-5-12(13)18/h3-6,11,16H,7-10H2,1-2H3,(H,19,25)(H,20,24)(H,21,23). The molecule has 1 aliphatic heterocycles. The molecule has 0 bridgehead atoms. The summed E-state index contributed by atoms with van der Waals surface area (Å²) in [4.78, 5) is 37.9. The number of hydrogen-bond donors (Lipinski definition) is 3. The average molecular weight is 411 g/mol. The Morgan fingerprint density at radius 2 is 2.04 bits per heavy atom. The van der Waals surface area contributed by atoms with E-state index in [2.05, 4.69) is 31.9 Å². The molecule has 1 atom stereocenters. The van der Waals surface area contributed by atoms with Crippen molar-refractivity contribution in [2.24, 2.45) is 5.92 Å². The number of halogens is 1. The highest BCUT2D eigenvalue weighted by Gasteiger charge is 2.33. The van der Waals surface area contributed by atoms with Gasteiger partial charge in [0.2, 0.25) is 17.7 Å². The molecule has 3 N–H and O–H groups in total. The average Bonchev–Trinajstić information content (AvgIpc) is 2.55. The minimum Gasteiger partial charge on any atom is -0.353 e. The Morgan fingerprint density at radius 1 is 1.32 bits per heavy atom. The van der Waals surface area contributed by atoms with Crippen molar-refractivity contribution in [1.29, 1.82) is 0 Å². The third-order valence-electron chi connectivity index (χ3n) is 3.93. The van der Waals surface area contributed by atoms with Crippen molar-refractivity contribution in [3.63, 3.8) is 0 Å². The lowest BCUT2D eigenvalue weighted by Gasteiger charge is -2.36. The lowest BCUT2D eigenvalue weighted by Crippen LogP contribution is -2.59. The molecule has 0 aliphatic carbocycles. The van der Waals surface area contributed by atoms with Crippen molar-refractivity contribution >= 4 is 39.3 Å². The maximum absolute atomic E-state index is 12.1. The van der Waals surface area contributed by atoms with E-state index in [9.17, 15) is 14.4 Å². The Kier molecular flexibility index (Phi) is 6.95. The van der Waals surface area contributed by atoms with Gasteiger partial charge in [-0.25, -0.2) is 0 Å². The molecule has 2 rings (SSSR count). The number of anilines is 1. The van der Waals surface area contributed by atoms with Gasteiger partial charge in [-0.15, -0.1) is 0 Å². The molecule has 1 fully saturated rings. The van der Waals surface area contributed by atoms with Gasteiger partial charge in [-0.3, -0.25) is 19.3 Å². The van der Waals surface area contributed by atoms with Crippen molar-refractivity contribution in [2.75, 3.05) is 31.5 Å². The number of hydrogen-bond acceptors (Lipinski definition) is 4. The number of para-hydroxylation sites is 1. The lowest BCUT2D eigenvalue weighted by atomic mass is 10.00. The molecule has 0 aromatic heterocycles. The lowest BCUT2D eigenvalue weighted by molar-refractivity contribution is -0.133. The van der Waals surface area contributed by atoms with Crippen LogP contribution in [0.15, 0.2) is 28.7 Å². The van der Waals surface area contributed by atoms with Gasteiger partial charge in [0.15, 0.2) is 0 Å². The second kappa shape index (κ2) is 8.96. The zero-order valence-electron chi connectivity index (χ0n) is 14.3. The third-order valence-corrected chi connectivity index (χ3v) is 4.62. The van der Waals surface area contributed by atoms with E-state index in [4.69, 9.17) is 0 Å². The molecule has 1 aliphatic rings. The molecule has 1 aromatic rings. The van der Waals surface area contributed by atoms with Gasteiger partial charge in [-0.05, 0) is 34.0 Å². The van der Waals surface area contributed by atoms with E-state index in [0.29, 0.717) is 18.8 Å². The summed E-state index contributed by atoms with van der Waals surface area (Å²) in [7, 11) is 0. The predicted molar refractivity (Wildman–Crippen MR) is 99.0 cm³/mol. The predicted octanol–water partition coefficient (Wildman–Crippen LogP) is 0.960. The Hall–Kier alpha value is -1.93. The minimum absolute atomic E-state index is 0.0549. The maximum atomic E-state index is 12.1. The Morgan fingerprint density at radius 3 is 2.72 bits per heavy atom. The van der Waals surface area contributed by atoms with Crippen LogP contribution in [0.4, 0.5) is 5.69 Å². The molecule has 25 heavy (non-hydrogen) atoms. The van der Waals surface area contributed by atoms with Crippen LogP contribution in [0.3, 0.4) is 0 Å². The van der Waals surface area contributed by atoms with Gasteiger partial charge in [0.1, 0.15) is 0 Å². The van der Waals surface area contributed by atoms with Crippen LogP contribution in [-0.4, -0.2) is 54.8 Å². The number of nitrogens with zero attached hydrogens (tertiary/aromatic N) is 1. The first-order valence-electron chi connectivity index (χ1n) is 8.21. The van der Waals surface area contributed by atoms with Gasteiger partial charge >= 0.3 is 0 Å². The molecule has 0 radical (unpaired) electrons. The van der Waals surface area contributed by atoms with Gasteiger partial charge in [-0.2, -0.15) is 0 Å². The van der Waals surface area contributed by atoms with Crippen LogP contribution in [0.2, 0.25) is 0 Å². The molecule has 1 unspecified atom stereocenters. The Bertz CT molecular complexity index is 651. The fraction of sp³-hybridized carbons (Fsp3) is 0.471. The number of nitrogens with one attached hydrogen (secondary N) is 3. The Labute approximate surface area is 155 Å². The van der Waals surface area contributed by atoms with E-state index in [-0.39, 0.29) is 42.8 Å². The zero-order valence-corrected chi connectivity index (χ0v) is 15.9. The topological polar surface area (TPSA) is 90.5 Å². The van der Waals surface area contributed by atoms with Gasteiger partial charge in [-0.1, -0.05) is 26.0 Å². The van der Waals surface area contributed by atoms with Crippen LogP contribution in [0.5, 0.6) is 0 Å². The summed E-state index contributed by atoms with van der Waals surface area (Å²) in [6.07, 6.45) is 0. The van der Waals surface area contributed by atoms with E-state index in [0.717, 1.165) is 4.47 Å². The molecule has 136 valence electrons. The molecule has 7 nitrogen and oxygen atoms in total. The number of piperazine rings is 1. The minimum atomic E-state index is -0.325. The number of carbonyl (C=O) groups is 3. The molecular weight excluding hydrogens is 388 g/mol. The van der Waals surface area contributed by atoms with Crippen LogP contribution < -0.4 is 16.0 Å². The van der Waals surface area contributed by atoms with Gasteiger partial charge in [0.05, 0.1) is 24.8 Å². The normalized spacial score (nSPS) is 17.9. The monoisotopic (exact) mass is 410 g/mol. The van der Waals surface area contributed by atoms with Crippen molar-refractivity contribution in [3.05, 3.63) is 28.7 Å². The molecule has 1 heterocycles. The van der Waals surface area contributed by atoms with Gasteiger partial charge < -0.3 is 16.0 Å². The first-order valence-corrected chi connectivity index (χ1v) is 9.00. The largest absolute Gasteiger partial charge is 0.353 e. The van der Waals surface area contributed by atoms with Gasteiger partial charge in [0.25, 0.3) is 0 Å². The summed E-state index contributed by atoms with van der Waals surface area (Å²) >= 11 is 3.35. The second-order valence-electron chi connectivity index (χ2n) is 6.26. The smallest absolute Gasteiger partial charge is 0.243 e. The summed E-state index contributed by atoms with van der Waals surface area (Å²) in [5.41, 5.74) is 0.648. The van der Waals surface area contributed by atoms with Crippen LogP contribution >= 0.6 is 15.9 Å². The van der Waals surface area contributed by atoms with Crippen LogP contribution in [0, 0.1) is 5.92 Å². The van der Waals surface area contributed by atoms with Crippen LogP contribution in [0.1, 0.15) is 13.8 Å². The highest BCUT2D eigenvalue weighted by molar-refractivity contribution is 9.10. The van der Waals surface area contributed by atoms with E-state index in [1.54, 1.807) is 6.07 Å². The molecular formula is C17H23BrN4O3. The van der Waals surface area contributed by atoms with E-state index in [1.165, 1.54) is 0 Å². The number of rotatable bonds is 6. The molecule has 8 heteroatoms. The highest BCUT2D eigenvalue weighted by atomic mass is 79.9. The third kappa shape index (κ3) is 5.54. The molecule has 0 saturated carbocycles. The van der Waals surface area contributed by atoms with E-state index in [1.807, 2.05) is 36.9 Å². The SMILES string of the molecule is CC(C)C1C(=O)NCCN1CC(=O)NCC(=O)Nc1ccccc1Br. The molecule has 3 amide bonds. The zero-order chi connectivity index (χ0) is 18.4. The fourth-order valence-electron chi connectivity index (χ4n) is 2.81. The first-order chi connectivity index (χ1) is 11.9. The number of amides is 3. The van der Waals surface area contributed by atoms with Crippen LogP contribution in [0.25, 0.3) is 0 Å². The van der Waals surface area contributed by atoms with Crippen molar-refractivity contribution < 1.29 is 14.4 Å². The quantitative estimate of drug-likeness (QED) is 0.651. The van der Waals surface area contributed by atoms with Crippen LogP contribution in [-0.2, 0) is 14.4 Å². The molecule has 0 spiro atoms. The van der Waals surface area contributed by atoms with E-state index >= 15 is 0 Å². The second-order valence-corrected chi connectivity index (χ2v) is 7.11. The first kappa shape index (κ1) is 19.4. The summed E-state index contributed by atoms with van der Waals surface area (Å²) < 4.78 is 0.772. The molecule has 1 aromatic carbocycles. The molecule has 1 saturated heterocycles. The van der Waals surface area contributed by atoms with Crippen molar-refractivity contribution in [1.82, 2.24) is 15.5 Å². The summed E-state index contributed by atoms with van der Waals surface area (Å²) in [5, 5.41) is 8.15. The number of benzene rings is 1. The van der Waals surface area contributed by atoms with Crippen molar-refractivity contribution in [3.8, 4) is 0 Å². The summed E-state index contributed by atoms with van der Waals surface area (Å²) in [6.45, 7) is 5.02. The van der Waals surface area contributed by atoms with Gasteiger partial charge in [0, 0.05) is 17.6 Å². The summed E-state index contributed by atoms with van der Waals surface area (Å²) in [6, 6.07) is 6.92. The summed E-state index contributed by atoms with van der Waals surface area (Å²) in [5.74, 6) is -0.535. The van der Waals surface area contributed by atoms with Crippen molar-refractivity contribution in [2.45, 2.75) is 19.9 Å². The highest BCUT2D eigenvalue weighted by Crippen LogP contribution is 2.20. The Balaban J connectivity index is 1.82. The fourth-order valence-corrected chi connectivity index (χ4v) is 3.19. The maximum Gasteiger partial charge on any atom is 0.243 e. The number of carbonyl (C=O) groups excluding carboxylic acids is 3. The van der Waals surface area contributed by atoms with E-state index < -0.39 is 0 Å².